The van der Waals surface area contributed by atoms with Crippen molar-refractivity contribution < 1.29 is 0 Å². The fourth-order valence-electron chi connectivity index (χ4n) is 2.46. The summed E-state index contributed by atoms with van der Waals surface area (Å²) in [5.41, 5.74) is 1.64. The summed E-state index contributed by atoms with van der Waals surface area (Å²) in [6.07, 6.45) is 5.37. The van der Waals surface area contributed by atoms with Crippen LogP contribution in [0.3, 0.4) is 0 Å². The Morgan fingerprint density at radius 3 is 2.93 bits per heavy atom. The van der Waals surface area contributed by atoms with Crippen molar-refractivity contribution in [1.82, 2.24) is 5.32 Å². The van der Waals surface area contributed by atoms with Gasteiger partial charge in [-0.3, -0.25) is 0 Å². The summed E-state index contributed by atoms with van der Waals surface area (Å²) in [4.78, 5) is 1.66. The lowest BCUT2D eigenvalue weighted by Crippen LogP contribution is -2.26. The minimum atomic E-state index is 0.849. The number of rotatable bonds is 1. The van der Waals surface area contributed by atoms with Crippen LogP contribution in [-0.2, 0) is 6.42 Å². The van der Waals surface area contributed by atoms with E-state index in [4.69, 9.17) is 0 Å². The molecule has 0 aliphatic carbocycles. The van der Waals surface area contributed by atoms with Crippen molar-refractivity contribution >= 4 is 23.1 Å². The molecule has 2 aliphatic heterocycles. The molecule has 3 heterocycles. The van der Waals surface area contributed by atoms with Crippen LogP contribution in [0.25, 0.3) is 0 Å². The molecular weight excluding hydrogens is 222 g/mol. The Labute approximate surface area is 99.7 Å². The standard InChI is InChI=1S/C12H17NS2/c1-2-10-8-11(15-12(10)14-7-1)9-3-5-13-6-4-9/h8-9,13H,1-7H2. The van der Waals surface area contributed by atoms with Crippen LogP contribution in [0.1, 0.15) is 35.6 Å². The molecule has 15 heavy (non-hydrogen) atoms. The molecule has 0 spiro atoms. The second-order valence-corrected chi connectivity index (χ2v) is 6.89. The van der Waals surface area contributed by atoms with Crippen molar-refractivity contribution in [3.05, 3.63) is 16.5 Å². The first-order chi connectivity index (χ1) is 7.43. The third-order valence-electron chi connectivity index (χ3n) is 3.35. The predicted molar refractivity (Wildman–Crippen MR) is 68.2 cm³/mol. The maximum absolute atomic E-state index is 3.45. The molecule has 0 radical (unpaired) electrons. The number of nitrogens with one attached hydrogen (secondary N) is 1. The first-order valence-corrected chi connectivity index (χ1v) is 7.70. The highest BCUT2D eigenvalue weighted by atomic mass is 32.2. The normalized spacial score (nSPS) is 22.7. The highest BCUT2D eigenvalue weighted by molar-refractivity contribution is 8.01. The van der Waals surface area contributed by atoms with Crippen LogP contribution in [-0.4, -0.2) is 18.8 Å². The van der Waals surface area contributed by atoms with E-state index in [1.165, 1.54) is 44.5 Å². The molecule has 1 nitrogen and oxygen atoms in total. The van der Waals surface area contributed by atoms with E-state index in [9.17, 15) is 0 Å². The van der Waals surface area contributed by atoms with Crippen LogP contribution in [0, 0.1) is 0 Å². The van der Waals surface area contributed by atoms with Crippen molar-refractivity contribution in [2.24, 2.45) is 0 Å². The van der Waals surface area contributed by atoms with Crippen LogP contribution >= 0.6 is 23.1 Å². The molecule has 1 aromatic heterocycles. The van der Waals surface area contributed by atoms with Gasteiger partial charge in [-0.25, -0.2) is 0 Å². The summed E-state index contributed by atoms with van der Waals surface area (Å²) in [5.74, 6) is 2.18. The average molecular weight is 239 g/mol. The van der Waals surface area contributed by atoms with Gasteiger partial charge in [0.2, 0.25) is 0 Å². The fourth-order valence-corrected chi connectivity index (χ4v) is 5.17. The monoisotopic (exact) mass is 239 g/mol. The Morgan fingerprint density at radius 1 is 1.27 bits per heavy atom. The number of hydrogen-bond acceptors (Lipinski definition) is 3. The van der Waals surface area contributed by atoms with Crippen molar-refractivity contribution in [1.29, 1.82) is 0 Å². The van der Waals surface area contributed by atoms with Gasteiger partial charge in [0.05, 0.1) is 4.21 Å². The Morgan fingerprint density at radius 2 is 2.13 bits per heavy atom. The summed E-state index contributed by atoms with van der Waals surface area (Å²) in [6, 6.07) is 2.50. The summed E-state index contributed by atoms with van der Waals surface area (Å²) in [7, 11) is 0. The fraction of sp³-hybridized carbons (Fsp3) is 0.667. The van der Waals surface area contributed by atoms with Crippen molar-refractivity contribution in [2.45, 2.75) is 35.8 Å². The van der Waals surface area contributed by atoms with Crippen LogP contribution in [0.4, 0.5) is 0 Å². The van der Waals surface area contributed by atoms with Gasteiger partial charge in [0, 0.05) is 4.88 Å². The molecule has 0 atom stereocenters. The van der Waals surface area contributed by atoms with Gasteiger partial charge in [-0.05, 0) is 62.1 Å². The average Bonchev–Trinajstić information content (AvgIpc) is 2.74. The minimum absolute atomic E-state index is 0.849. The van der Waals surface area contributed by atoms with Gasteiger partial charge in [0.25, 0.3) is 0 Å². The smallest absolute Gasteiger partial charge is 0.0633 e. The number of thioether (sulfide) groups is 1. The van der Waals surface area contributed by atoms with Crippen LogP contribution in [0.2, 0.25) is 0 Å². The predicted octanol–water partition coefficient (Wildman–Crippen LogP) is 3.25. The molecule has 3 rings (SSSR count). The van der Waals surface area contributed by atoms with Gasteiger partial charge >= 0.3 is 0 Å². The first kappa shape index (κ1) is 10.2. The van der Waals surface area contributed by atoms with Gasteiger partial charge in [-0.1, -0.05) is 0 Å². The largest absolute Gasteiger partial charge is 0.317 e. The highest BCUT2D eigenvalue weighted by Crippen LogP contribution is 2.41. The molecule has 3 heteroatoms. The third kappa shape index (κ3) is 2.10. The molecular formula is C12H17NS2. The van der Waals surface area contributed by atoms with Crippen molar-refractivity contribution in [3.8, 4) is 0 Å². The van der Waals surface area contributed by atoms with E-state index in [-0.39, 0.29) is 0 Å². The summed E-state index contributed by atoms with van der Waals surface area (Å²) >= 11 is 4.15. The molecule has 82 valence electrons. The molecule has 0 unspecified atom stereocenters. The lowest BCUT2D eigenvalue weighted by Gasteiger charge is -2.21. The van der Waals surface area contributed by atoms with Gasteiger partial charge in [-0.15, -0.1) is 23.1 Å². The molecule has 0 saturated carbocycles. The quantitative estimate of drug-likeness (QED) is 0.807. The summed E-state index contributed by atoms with van der Waals surface area (Å²) in [6.45, 7) is 2.42. The molecule has 1 saturated heterocycles. The molecule has 2 aliphatic rings. The molecule has 0 amide bonds. The summed E-state index contributed by atoms with van der Waals surface area (Å²) in [5, 5.41) is 3.45. The Bertz CT molecular complexity index is 316. The van der Waals surface area contributed by atoms with E-state index in [1.807, 2.05) is 0 Å². The molecule has 1 fully saturated rings. The van der Waals surface area contributed by atoms with Crippen LogP contribution in [0.5, 0.6) is 0 Å². The van der Waals surface area contributed by atoms with Crippen molar-refractivity contribution in [2.75, 3.05) is 18.8 Å². The van der Waals surface area contributed by atoms with Gasteiger partial charge in [0.15, 0.2) is 0 Å². The van der Waals surface area contributed by atoms with E-state index in [0.29, 0.717) is 0 Å². The minimum Gasteiger partial charge on any atom is -0.317 e. The topological polar surface area (TPSA) is 12.0 Å². The Balaban J connectivity index is 1.82. The molecule has 1 N–H and O–H groups in total. The molecule has 0 aromatic carbocycles. The van der Waals surface area contributed by atoms with Crippen LogP contribution < -0.4 is 5.32 Å². The van der Waals surface area contributed by atoms with Crippen molar-refractivity contribution in [3.63, 3.8) is 0 Å². The molecule has 1 aromatic rings. The summed E-state index contributed by atoms with van der Waals surface area (Å²) < 4.78 is 1.62. The number of fused-ring (bicyclic) bond motifs is 1. The number of aryl methyl sites for hydroxylation is 1. The molecule has 0 bridgehead atoms. The van der Waals surface area contributed by atoms with Gasteiger partial charge < -0.3 is 5.32 Å². The number of piperidine rings is 1. The maximum Gasteiger partial charge on any atom is 0.0633 e. The van der Waals surface area contributed by atoms with Gasteiger partial charge in [0.1, 0.15) is 0 Å². The van der Waals surface area contributed by atoms with E-state index in [0.717, 1.165) is 5.92 Å². The zero-order valence-electron chi connectivity index (χ0n) is 8.92. The maximum atomic E-state index is 3.45. The second-order valence-electron chi connectivity index (χ2n) is 4.44. The first-order valence-electron chi connectivity index (χ1n) is 5.89. The third-order valence-corrected chi connectivity index (χ3v) is 6.11. The SMILES string of the molecule is c1c(C2CCNCC2)sc2c1CCCS2. The van der Waals surface area contributed by atoms with E-state index >= 15 is 0 Å². The van der Waals surface area contributed by atoms with Gasteiger partial charge in [-0.2, -0.15) is 0 Å². The lowest BCUT2D eigenvalue weighted by atomic mass is 9.96. The Kier molecular flexibility index (Phi) is 3.04. The van der Waals surface area contributed by atoms with Crippen LogP contribution in [0.15, 0.2) is 10.3 Å². The van der Waals surface area contributed by atoms with E-state index in [2.05, 4.69) is 34.5 Å². The zero-order chi connectivity index (χ0) is 10.1. The Hall–Kier alpha value is 0.0100. The van der Waals surface area contributed by atoms with E-state index in [1.54, 1.807) is 14.6 Å². The van der Waals surface area contributed by atoms with E-state index < -0.39 is 0 Å². The highest BCUT2D eigenvalue weighted by Gasteiger charge is 2.20. The zero-order valence-corrected chi connectivity index (χ0v) is 10.6. The number of thiophene rings is 1. The second kappa shape index (κ2) is 4.48. The number of hydrogen-bond donors (Lipinski definition) is 1. The lowest BCUT2D eigenvalue weighted by molar-refractivity contribution is 0.465.